The molecule has 121 valence electrons. The molecule has 0 aromatic heterocycles. The summed E-state index contributed by atoms with van der Waals surface area (Å²) < 4.78 is 0. The molecule has 0 aromatic carbocycles. The van der Waals surface area contributed by atoms with E-state index in [1.54, 1.807) is 0 Å². The van der Waals surface area contributed by atoms with Crippen molar-refractivity contribution < 1.29 is 0 Å². The Balaban J connectivity index is 3.24. The van der Waals surface area contributed by atoms with Gasteiger partial charge >= 0.3 is 0 Å². The fraction of sp³-hybridized carbons (Fsp3) is 0.950. The molecule has 0 aliphatic heterocycles. The van der Waals surface area contributed by atoms with Crippen LogP contribution >= 0.6 is 0 Å². The zero-order valence-electron chi connectivity index (χ0n) is 14.6. The van der Waals surface area contributed by atoms with Gasteiger partial charge in [-0.25, -0.2) is 0 Å². The molecule has 0 saturated heterocycles. The topological polar surface area (TPSA) is 0 Å². The minimum atomic E-state index is 1.00. The van der Waals surface area contributed by atoms with Crippen molar-refractivity contribution in [1.82, 2.24) is 0 Å². The third-order valence-electron chi connectivity index (χ3n) is 4.66. The average molecular weight is 282 g/mol. The summed E-state index contributed by atoms with van der Waals surface area (Å²) in [7, 11) is 0. The standard InChI is InChI=1S/C20H41/c1-4-7-9-11-12-13-14-15-17-19-20(6-3)18-16-10-8-5-2/h20H,2,4-19H2,1,3H3. The normalized spacial score (nSPS) is 12.8. The maximum Gasteiger partial charge on any atom is -0.0417 e. The van der Waals surface area contributed by atoms with E-state index in [1.165, 1.54) is 96.3 Å². The minimum absolute atomic E-state index is 1.00. The molecule has 0 heterocycles. The summed E-state index contributed by atoms with van der Waals surface area (Å²) in [6.45, 7) is 8.59. The molecule has 1 atom stereocenters. The van der Waals surface area contributed by atoms with Gasteiger partial charge in [-0.05, 0) is 5.92 Å². The van der Waals surface area contributed by atoms with Crippen LogP contribution in [0, 0.1) is 12.8 Å². The first kappa shape index (κ1) is 20.0. The third-order valence-corrected chi connectivity index (χ3v) is 4.66. The lowest BCUT2D eigenvalue weighted by molar-refractivity contribution is 0.394. The van der Waals surface area contributed by atoms with Crippen molar-refractivity contribution in [2.45, 2.75) is 117 Å². The molecule has 0 spiro atoms. The first-order valence-electron chi connectivity index (χ1n) is 9.64. The van der Waals surface area contributed by atoms with Crippen molar-refractivity contribution >= 4 is 0 Å². The largest absolute Gasteiger partial charge is 0.0654 e. The van der Waals surface area contributed by atoms with Crippen LogP contribution in [0.5, 0.6) is 0 Å². The molecule has 0 bridgehead atoms. The van der Waals surface area contributed by atoms with Gasteiger partial charge in [0, 0.05) is 0 Å². The Hall–Kier alpha value is 0. The Morgan fingerprint density at radius 2 is 1.05 bits per heavy atom. The van der Waals surface area contributed by atoms with E-state index >= 15 is 0 Å². The van der Waals surface area contributed by atoms with Gasteiger partial charge in [0.1, 0.15) is 0 Å². The van der Waals surface area contributed by atoms with Gasteiger partial charge in [0.25, 0.3) is 0 Å². The third kappa shape index (κ3) is 14.4. The Morgan fingerprint density at radius 1 is 0.600 bits per heavy atom. The summed E-state index contributed by atoms with van der Waals surface area (Å²) in [4.78, 5) is 0. The Kier molecular flexibility index (Phi) is 17.1. The Morgan fingerprint density at radius 3 is 1.50 bits per heavy atom. The van der Waals surface area contributed by atoms with E-state index in [1.807, 2.05) is 0 Å². The summed E-state index contributed by atoms with van der Waals surface area (Å²) in [5, 5.41) is 0. The fourth-order valence-electron chi connectivity index (χ4n) is 3.08. The second-order valence-electron chi connectivity index (χ2n) is 6.59. The lowest BCUT2D eigenvalue weighted by atomic mass is 9.92. The maximum absolute atomic E-state index is 3.92. The fourth-order valence-corrected chi connectivity index (χ4v) is 3.08. The van der Waals surface area contributed by atoms with Crippen LogP contribution in [0.1, 0.15) is 117 Å². The lowest BCUT2D eigenvalue weighted by Gasteiger charge is -2.14. The quantitative estimate of drug-likeness (QED) is 0.254. The van der Waals surface area contributed by atoms with Gasteiger partial charge in [-0.2, -0.15) is 0 Å². The van der Waals surface area contributed by atoms with Crippen LogP contribution in [0.15, 0.2) is 0 Å². The number of hydrogen-bond acceptors (Lipinski definition) is 0. The molecule has 0 heteroatoms. The highest BCUT2D eigenvalue weighted by atomic mass is 14.1. The van der Waals surface area contributed by atoms with Gasteiger partial charge in [0.05, 0.1) is 0 Å². The smallest absolute Gasteiger partial charge is 0.0417 e. The number of rotatable bonds is 16. The molecule has 0 nitrogen and oxygen atoms in total. The first-order chi connectivity index (χ1) is 9.85. The van der Waals surface area contributed by atoms with Crippen LogP contribution < -0.4 is 0 Å². The molecular weight excluding hydrogens is 240 g/mol. The van der Waals surface area contributed by atoms with Crippen LogP contribution in [0.2, 0.25) is 0 Å². The van der Waals surface area contributed by atoms with Gasteiger partial charge in [-0.15, -0.1) is 0 Å². The second-order valence-corrected chi connectivity index (χ2v) is 6.59. The van der Waals surface area contributed by atoms with Crippen molar-refractivity contribution in [3.05, 3.63) is 6.92 Å². The van der Waals surface area contributed by atoms with Crippen LogP contribution in [-0.4, -0.2) is 0 Å². The van der Waals surface area contributed by atoms with Crippen molar-refractivity contribution in [2.75, 3.05) is 0 Å². The number of hydrogen-bond donors (Lipinski definition) is 0. The molecule has 0 amide bonds. The predicted octanol–water partition coefficient (Wildman–Crippen LogP) is 7.72. The van der Waals surface area contributed by atoms with E-state index < -0.39 is 0 Å². The lowest BCUT2D eigenvalue weighted by Crippen LogP contribution is -1.99. The zero-order chi connectivity index (χ0) is 14.9. The van der Waals surface area contributed by atoms with E-state index in [9.17, 15) is 0 Å². The summed E-state index contributed by atoms with van der Waals surface area (Å²) in [6.07, 6.45) is 22.7. The highest BCUT2D eigenvalue weighted by molar-refractivity contribution is 4.59. The van der Waals surface area contributed by atoms with Crippen molar-refractivity contribution in [3.8, 4) is 0 Å². The zero-order valence-corrected chi connectivity index (χ0v) is 14.6. The van der Waals surface area contributed by atoms with E-state index in [4.69, 9.17) is 0 Å². The van der Waals surface area contributed by atoms with Crippen LogP contribution in [0.3, 0.4) is 0 Å². The number of unbranched alkanes of at least 4 members (excludes halogenated alkanes) is 11. The van der Waals surface area contributed by atoms with E-state index in [2.05, 4.69) is 20.8 Å². The molecule has 0 aliphatic carbocycles. The summed E-state index contributed by atoms with van der Waals surface area (Å²) >= 11 is 0. The van der Waals surface area contributed by atoms with E-state index in [-0.39, 0.29) is 0 Å². The van der Waals surface area contributed by atoms with E-state index in [0.29, 0.717) is 0 Å². The van der Waals surface area contributed by atoms with Crippen LogP contribution in [0.25, 0.3) is 0 Å². The van der Waals surface area contributed by atoms with Crippen LogP contribution in [0.4, 0.5) is 0 Å². The first-order valence-corrected chi connectivity index (χ1v) is 9.64. The highest BCUT2D eigenvalue weighted by Gasteiger charge is 2.05. The summed E-state index contributed by atoms with van der Waals surface area (Å²) in [5.74, 6) is 1.00. The van der Waals surface area contributed by atoms with Gasteiger partial charge < -0.3 is 0 Å². The van der Waals surface area contributed by atoms with Gasteiger partial charge in [0.15, 0.2) is 0 Å². The van der Waals surface area contributed by atoms with Gasteiger partial charge in [0.2, 0.25) is 0 Å². The molecule has 0 aliphatic rings. The molecule has 0 N–H and O–H groups in total. The molecule has 0 rings (SSSR count). The molecule has 0 aromatic rings. The summed E-state index contributed by atoms with van der Waals surface area (Å²) in [5.41, 5.74) is 0. The second kappa shape index (κ2) is 17.1. The van der Waals surface area contributed by atoms with Crippen molar-refractivity contribution in [2.24, 2.45) is 5.92 Å². The van der Waals surface area contributed by atoms with Crippen molar-refractivity contribution in [1.29, 1.82) is 0 Å². The minimum Gasteiger partial charge on any atom is -0.0654 e. The van der Waals surface area contributed by atoms with Gasteiger partial charge in [-0.3, -0.25) is 0 Å². The Bertz CT molecular complexity index is 161. The average Bonchev–Trinajstić information content (AvgIpc) is 2.47. The monoisotopic (exact) mass is 281 g/mol. The molecule has 1 radical (unpaired) electrons. The summed E-state index contributed by atoms with van der Waals surface area (Å²) in [6, 6.07) is 0. The maximum atomic E-state index is 3.92. The van der Waals surface area contributed by atoms with Crippen LogP contribution in [-0.2, 0) is 0 Å². The SMILES string of the molecule is [CH2]CCCCCC(CC)CCCCCCCCCCC. The molecule has 0 saturated carbocycles. The highest BCUT2D eigenvalue weighted by Crippen LogP contribution is 2.21. The molecule has 1 unspecified atom stereocenters. The van der Waals surface area contributed by atoms with Crippen molar-refractivity contribution in [3.63, 3.8) is 0 Å². The van der Waals surface area contributed by atoms with E-state index in [0.717, 1.165) is 12.3 Å². The van der Waals surface area contributed by atoms with Gasteiger partial charge in [-0.1, -0.05) is 124 Å². The molecular formula is C20H41. The molecule has 20 heavy (non-hydrogen) atoms. The molecule has 0 fully saturated rings. The Labute approximate surface area is 130 Å². The predicted molar refractivity (Wildman–Crippen MR) is 94.1 cm³/mol.